The van der Waals surface area contributed by atoms with Crippen molar-refractivity contribution in [3.8, 4) is 17.1 Å². The summed E-state index contributed by atoms with van der Waals surface area (Å²) >= 11 is 1.46. The quantitative estimate of drug-likeness (QED) is 0.570. The molecule has 6 nitrogen and oxygen atoms in total. The van der Waals surface area contributed by atoms with Gasteiger partial charge in [-0.3, -0.25) is 14.3 Å². The maximum absolute atomic E-state index is 12.8. The molecule has 1 aromatic carbocycles. The molecule has 2 aromatic heterocycles. The molecule has 3 heterocycles. The van der Waals surface area contributed by atoms with Crippen LogP contribution in [-0.4, -0.2) is 49.4 Å². The van der Waals surface area contributed by atoms with Gasteiger partial charge in [0.15, 0.2) is 11.0 Å². The van der Waals surface area contributed by atoms with Crippen LogP contribution in [0.3, 0.4) is 0 Å². The Labute approximate surface area is 181 Å². The number of nitrogens with zero attached hydrogens (tertiary/aromatic N) is 5. The average molecular weight is 422 g/mol. The van der Waals surface area contributed by atoms with Crippen LogP contribution in [0.5, 0.6) is 0 Å². The number of likely N-dealkylation sites (tertiary alicyclic amines) is 1. The molecule has 0 spiro atoms. The molecule has 0 saturated carbocycles. The van der Waals surface area contributed by atoms with Crippen LogP contribution in [0.15, 0.2) is 47.9 Å². The highest BCUT2D eigenvalue weighted by Crippen LogP contribution is 2.29. The number of aryl methyl sites for hydroxylation is 2. The highest BCUT2D eigenvalue weighted by atomic mass is 32.2. The number of pyridine rings is 1. The predicted molar refractivity (Wildman–Crippen MR) is 120 cm³/mol. The van der Waals surface area contributed by atoms with Gasteiger partial charge in [0.1, 0.15) is 0 Å². The maximum Gasteiger partial charge on any atom is 0.233 e. The fraction of sp³-hybridized carbons (Fsp3) is 0.391. The Morgan fingerprint density at radius 2 is 1.87 bits per heavy atom. The molecule has 0 atom stereocenters. The van der Waals surface area contributed by atoms with Crippen molar-refractivity contribution in [1.29, 1.82) is 0 Å². The first kappa shape index (κ1) is 20.6. The van der Waals surface area contributed by atoms with Crippen LogP contribution in [0.1, 0.15) is 36.8 Å². The van der Waals surface area contributed by atoms with Crippen LogP contribution in [0.2, 0.25) is 0 Å². The predicted octanol–water partition coefficient (Wildman–Crippen LogP) is 4.44. The van der Waals surface area contributed by atoms with Crippen LogP contribution >= 0.6 is 11.8 Å². The Balaban J connectivity index is 1.64. The number of carbonyl (C=O) groups excluding carboxylic acids is 1. The van der Waals surface area contributed by atoms with E-state index >= 15 is 0 Å². The molecule has 1 aliphatic heterocycles. The summed E-state index contributed by atoms with van der Waals surface area (Å²) < 4.78 is 2.05. The van der Waals surface area contributed by atoms with E-state index in [1.54, 1.807) is 12.4 Å². The van der Waals surface area contributed by atoms with Crippen molar-refractivity contribution in [2.24, 2.45) is 0 Å². The Kier molecular flexibility index (Phi) is 6.47. The Morgan fingerprint density at radius 1 is 1.07 bits per heavy atom. The van der Waals surface area contributed by atoms with E-state index in [1.807, 2.05) is 21.6 Å². The van der Waals surface area contributed by atoms with Crippen molar-refractivity contribution < 1.29 is 4.79 Å². The Morgan fingerprint density at radius 3 is 2.57 bits per heavy atom. The monoisotopic (exact) mass is 421 g/mol. The van der Waals surface area contributed by atoms with Gasteiger partial charge in [-0.05, 0) is 50.5 Å². The SMILES string of the molecule is Cc1ccc(-n2c(SCC(=O)N3CCCCCC3)nnc2-c2cccnc2)c(C)c1. The summed E-state index contributed by atoms with van der Waals surface area (Å²) in [7, 11) is 0. The second-order valence-electron chi connectivity index (χ2n) is 7.76. The van der Waals surface area contributed by atoms with Crippen molar-refractivity contribution >= 4 is 17.7 Å². The van der Waals surface area contributed by atoms with E-state index in [0.29, 0.717) is 5.75 Å². The standard InChI is InChI=1S/C23H27N5OS/c1-17-9-10-20(18(2)14-17)28-22(19-8-7-11-24-15-19)25-26-23(28)30-16-21(29)27-12-5-3-4-6-13-27/h7-11,14-15H,3-6,12-13,16H2,1-2H3. The number of benzene rings is 1. The highest BCUT2D eigenvalue weighted by molar-refractivity contribution is 7.99. The van der Waals surface area contributed by atoms with Gasteiger partial charge in [0, 0.05) is 31.0 Å². The van der Waals surface area contributed by atoms with E-state index in [0.717, 1.165) is 53.7 Å². The molecule has 1 aliphatic rings. The van der Waals surface area contributed by atoms with Crippen LogP contribution in [0, 0.1) is 13.8 Å². The normalized spacial score (nSPS) is 14.5. The maximum atomic E-state index is 12.8. The van der Waals surface area contributed by atoms with Gasteiger partial charge in [0.05, 0.1) is 11.4 Å². The molecule has 0 unspecified atom stereocenters. The van der Waals surface area contributed by atoms with Crippen molar-refractivity contribution in [2.75, 3.05) is 18.8 Å². The second kappa shape index (κ2) is 9.43. The molecule has 0 aliphatic carbocycles. The lowest BCUT2D eigenvalue weighted by Gasteiger charge is -2.20. The first-order valence-electron chi connectivity index (χ1n) is 10.5. The van der Waals surface area contributed by atoms with E-state index in [-0.39, 0.29) is 5.91 Å². The molecule has 1 amide bonds. The van der Waals surface area contributed by atoms with E-state index in [2.05, 4.69) is 47.2 Å². The number of aromatic nitrogens is 4. The molecule has 30 heavy (non-hydrogen) atoms. The molecule has 1 saturated heterocycles. The summed E-state index contributed by atoms with van der Waals surface area (Å²) in [5.41, 5.74) is 4.27. The van der Waals surface area contributed by atoms with Crippen molar-refractivity contribution in [2.45, 2.75) is 44.7 Å². The van der Waals surface area contributed by atoms with Crippen LogP contribution in [0.4, 0.5) is 0 Å². The van der Waals surface area contributed by atoms with E-state index in [9.17, 15) is 4.79 Å². The third-order valence-electron chi connectivity index (χ3n) is 5.43. The number of rotatable bonds is 5. The topological polar surface area (TPSA) is 63.9 Å². The lowest BCUT2D eigenvalue weighted by atomic mass is 10.1. The molecule has 1 fully saturated rings. The third-order valence-corrected chi connectivity index (χ3v) is 6.34. The lowest BCUT2D eigenvalue weighted by Crippen LogP contribution is -2.33. The summed E-state index contributed by atoms with van der Waals surface area (Å²) in [5.74, 6) is 1.29. The molecule has 7 heteroatoms. The second-order valence-corrected chi connectivity index (χ2v) is 8.70. The van der Waals surface area contributed by atoms with Crippen LogP contribution < -0.4 is 0 Å². The minimum Gasteiger partial charge on any atom is -0.342 e. The summed E-state index contributed by atoms with van der Waals surface area (Å²) in [6.07, 6.45) is 8.16. The molecule has 0 N–H and O–H groups in total. The Bertz CT molecular complexity index is 1010. The first-order valence-corrected chi connectivity index (χ1v) is 11.5. The van der Waals surface area contributed by atoms with Crippen LogP contribution in [-0.2, 0) is 4.79 Å². The van der Waals surface area contributed by atoms with Crippen molar-refractivity contribution in [3.05, 3.63) is 53.9 Å². The number of carbonyl (C=O) groups is 1. The largest absolute Gasteiger partial charge is 0.342 e. The summed E-state index contributed by atoms with van der Waals surface area (Å²) in [6, 6.07) is 10.2. The van der Waals surface area contributed by atoms with Gasteiger partial charge >= 0.3 is 0 Å². The molecule has 0 radical (unpaired) electrons. The fourth-order valence-electron chi connectivity index (χ4n) is 3.86. The van der Waals surface area contributed by atoms with Gasteiger partial charge < -0.3 is 4.90 Å². The van der Waals surface area contributed by atoms with Gasteiger partial charge in [-0.1, -0.05) is 42.3 Å². The number of hydrogen-bond donors (Lipinski definition) is 0. The van der Waals surface area contributed by atoms with Gasteiger partial charge in [0.2, 0.25) is 5.91 Å². The van der Waals surface area contributed by atoms with Crippen molar-refractivity contribution in [1.82, 2.24) is 24.6 Å². The zero-order chi connectivity index (χ0) is 20.9. The lowest BCUT2D eigenvalue weighted by molar-refractivity contribution is -0.128. The first-order chi connectivity index (χ1) is 14.6. The smallest absolute Gasteiger partial charge is 0.233 e. The van der Waals surface area contributed by atoms with E-state index in [4.69, 9.17) is 0 Å². The minimum atomic E-state index is 0.181. The number of hydrogen-bond acceptors (Lipinski definition) is 5. The zero-order valence-electron chi connectivity index (χ0n) is 17.5. The van der Waals surface area contributed by atoms with Gasteiger partial charge in [0.25, 0.3) is 0 Å². The van der Waals surface area contributed by atoms with Gasteiger partial charge in [-0.25, -0.2) is 0 Å². The minimum absolute atomic E-state index is 0.181. The third kappa shape index (κ3) is 4.56. The summed E-state index contributed by atoms with van der Waals surface area (Å²) in [6.45, 7) is 5.90. The van der Waals surface area contributed by atoms with E-state index in [1.165, 1.54) is 30.2 Å². The van der Waals surface area contributed by atoms with E-state index < -0.39 is 0 Å². The summed E-state index contributed by atoms with van der Waals surface area (Å²) in [4.78, 5) is 19.0. The molecule has 4 rings (SSSR count). The van der Waals surface area contributed by atoms with Gasteiger partial charge in [-0.15, -0.1) is 10.2 Å². The molecule has 0 bridgehead atoms. The molecule has 156 valence electrons. The number of thioether (sulfide) groups is 1. The molecule has 3 aromatic rings. The highest BCUT2D eigenvalue weighted by Gasteiger charge is 2.21. The van der Waals surface area contributed by atoms with Gasteiger partial charge in [-0.2, -0.15) is 0 Å². The summed E-state index contributed by atoms with van der Waals surface area (Å²) in [5, 5.41) is 9.63. The van der Waals surface area contributed by atoms with Crippen LogP contribution in [0.25, 0.3) is 17.1 Å². The van der Waals surface area contributed by atoms with Crippen molar-refractivity contribution in [3.63, 3.8) is 0 Å². The zero-order valence-corrected chi connectivity index (χ0v) is 18.4. The number of amides is 1. The Hall–Kier alpha value is -2.67. The average Bonchev–Trinajstić information content (AvgIpc) is 2.97. The molecular weight excluding hydrogens is 394 g/mol. The fourth-order valence-corrected chi connectivity index (χ4v) is 4.70. The molecular formula is C23H27N5OS.